The molecule has 6 heteroatoms. The Labute approximate surface area is 145 Å². The number of hydrogen-bond donors (Lipinski definition) is 3. The predicted octanol–water partition coefficient (Wildman–Crippen LogP) is 1.84. The summed E-state index contributed by atoms with van der Waals surface area (Å²) in [5.41, 5.74) is 0.954. The number of guanidine groups is 1. The molecule has 1 aromatic rings. The second-order valence-electron chi connectivity index (χ2n) is 6.58. The molecule has 6 nitrogen and oxygen atoms in total. The minimum absolute atomic E-state index is 0.0887. The van der Waals surface area contributed by atoms with E-state index in [0.29, 0.717) is 19.1 Å². The number of hydrogen-bond acceptors (Lipinski definition) is 3. The van der Waals surface area contributed by atoms with Crippen molar-refractivity contribution in [1.82, 2.24) is 16.0 Å². The highest BCUT2D eigenvalue weighted by atomic mass is 16.5. The van der Waals surface area contributed by atoms with Crippen molar-refractivity contribution >= 4 is 11.9 Å². The van der Waals surface area contributed by atoms with Gasteiger partial charge in [0.15, 0.2) is 5.96 Å². The van der Waals surface area contributed by atoms with E-state index in [1.54, 1.807) is 0 Å². The van der Waals surface area contributed by atoms with E-state index >= 15 is 0 Å². The summed E-state index contributed by atoms with van der Waals surface area (Å²) < 4.78 is 5.66. The first kappa shape index (κ1) is 19.8. The molecule has 1 rings (SSSR count). The number of nitrogens with zero attached hydrogens (tertiary/aromatic N) is 1. The van der Waals surface area contributed by atoms with Gasteiger partial charge in [-0.2, -0.15) is 0 Å². The zero-order valence-electron chi connectivity index (χ0n) is 15.4. The molecule has 0 heterocycles. The van der Waals surface area contributed by atoms with Gasteiger partial charge in [-0.05, 0) is 46.8 Å². The maximum Gasteiger partial charge on any atom is 0.242 e. The second-order valence-corrected chi connectivity index (χ2v) is 6.58. The molecule has 0 aliphatic carbocycles. The average Bonchev–Trinajstić information content (AvgIpc) is 2.49. The zero-order chi connectivity index (χ0) is 18.0. The summed E-state index contributed by atoms with van der Waals surface area (Å²) in [6.07, 6.45) is 0. The van der Waals surface area contributed by atoms with Gasteiger partial charge in [0, 0.05) is 12.1 Å². The van der Waals surface area contributed by atoms with Gasteiger partial charge in [-0.3, -0.25) is 4.79 Å². The number of ether oxygens (including phenoxy) is 1. The lowest BCUT2D eigenvalue weighted by Crippen LogP contribution is -2.43. The molecule has 0 spiro atoms. The topological polar surface area (TPSA) is 74.8 Å². The average molecular weight is 334 g/mol. The number of aryl methyl sites for hydroxylation is 1. The van der Waals surface area contributed by atoms with Crippen LogP contribution in [0.5, 0.6) is 5.75 Å². The predicted molar refractivity (Wildman–Crippen MR) is 98.6 cm³/mol. The van der Waals surface area contributed by atoms with Crippen LogP contribution in [0.25, 0.3) is 0 Å². The number of nitrogens with one attached hydrogen (secondary N) is 3. The summed E-state index contributed by atoms with van der Waals surface area (Å²) in [5, 5.41) is 9.15. The summed E-state index contributed by atoms with van der Waals surface area (Å²) in [6, 6.07) is 7.93. The molecule has 0 atom stereocenters. The number of carbonyl (C=O) groups is 1. The fraction of sp³-hybridized carbons (Fsp3) is 0.556. The fourth-order valence-corrected chi connectivity index (χ4v) is 1.92. The van der Waals surface area contributed by atoms with E-state index in [0.717, 1.165) is 12.3 Å². The highest BCUT2D eigenvalue weighted by Gasteiger charge is 2.13. The molecule has 1 amide bonds. The standard InChI is InChI=1S/C18H30N4O2/c1-6-19-17(21-13-16(23)22-18(3,4)5)20-11-12-24-15-9-7-14(2)8-10-15/h7-10H,6,11-13H2,1-5H3,(H,22,23)(H2,19,20,21). The van der Waals surface area contributed by atoms with E-state index in [1.807, 2.05) is 58.9 Å². The normalized spacial score (nSPS) is 11.8. The molecule has 134 valence electrons. The van der Waals surface area contributed by atoms with Crippen molar-refractivity contribution in [3.8, 4) is 5.75 Å². The van der Waals surface area contributed by atoms with Crippen LogP contribution in [0, 0.1) is 6.92 Å². The molecule has 24 heavy (non-hydrogen) atoms. The zero-order valence-corrected chi connectivity index (χ0v) is 15.4. The van der Waals surface area contributed by atoms with E-state index in [-0.39, 0.29) is 18.0 Å². The molecule has 0 bridgehead atoms. The van der Waals surface area contributed by atoms with Crippen molar-refractivity contribution in [2.45, 2.75) is 40.2 Å². The van der Waals surface area contributed by atoms with Gasteiger partial charge in [0.25, 0.3) is 0 Å². The Morgan fingerprint density at radius 3 is 2.42 bits per heavy atom. The van der Waals surface area contributed by atoms with Gasteiger partial charge in [0.1, 0.15) is 18.9 Å². The number of carbonyl (C=O) groups excluding carboxylic acids is 1. The van der Waals surface area contributed by atoms with Crippen molar-refractivity contribution < 1.29 is 9.53 Å². The van der Waals surface area contributed by atoms with Crippen molar-refractivity contribution in [2.75, 3.05) is 26.2 Å². The molecule has 0 saturated heterocycles. The maximum absolute atomic E-state index is 11.8. The Morgan fingerprint density at radius 1 is 1.17 bits per heavy atom. The fourth-order valence-electron chi connectivity index (χ4n) is 1.92. The van der Waals surface area contributed by atoms with Gasteiger partial charge in [-0.25, -0.2) is 4.99 Å². The first-order valence-corrected chi connectivity index (χ1v) is 8.33. The van der Waals surface area contributed by atoms with Crippen LogP contribution in [-0.4, -0.2) is 43.6 Å². The van der Waals surface area contributed by atoms with E-state index in [1.165, 1.54) is 5.56 Å². The van der Waals surface area contributed by atoms with E-state index in [9.17, 15) is 4.79 Å². The van der Waals surface area contributed by atoms with E-state index < -0.39 is 0 Å². The lowest BCUT2D eigenvalue weighted by molar-refractivity contribution is -0.121. The Kier molecular flexibility index (Phi) is 8.09. The lowest BCUT2D eigenvalue weighted by Gasteiger charge is -2.20. The largest absolute Gasteiger partial charge is 0.492 e. The molecule has 0 aliphatic heterocycles. The van der Waals surface area contributed by atoms with Crippen molar-refractivity contribution in [3.63, 3.8) is 0 Å². The van der Waals surface area contributed by atoms with Gasteiger partial charge in [-0.1, -0.05) is 17.7 Å². The van der Waals surface area contributed by atoms with Crippen molar-refractivity contribution in [3.05, 3.63) is 29.8 Å². The Bertz CT molecular complexity index is 533. The number of benzene rings is 1. The molecule has 0 radical (unpaired) electrons. The van der Waals surface area contributed by atoms with E-state index in [4.69, 9.17) is 4.74 Å². The third kappa shape index (κ3) is 9.02. The van der Waals surface area contributed by atoms with Crippen LogP contribution in [0.3, 0.4) is 0 Å². The highest BCUT2D eigenvalue weighted by Crippen LogP contribution is 2.10. The number of rotatable bonds is 7. The third-order valence-corrected chi connectivity index (χ3v) is 2.92. The van der Waals surface area contributed by atoms with Gasteiger partial charge in [0.2, 0.25) is 5.91 Å². The van der Waals surface area contributed by atoms with Crippen LogP contribution >= 0.6 is 0 Å². The molecule has 1 aromatic carbocycles. The molecular formula is C18H30N4O2. The van der Waals surface area contributed by atoms with Crippen molar-refractivity contribution in [2.24, 2.45) is 4.99 Å². The van der Waals surface area contributed by atoms with Gasteiger partial charge in [-0.15, -0.1) is 0 Å². The highest BCUT2D eigenvalue weighted by molar-refractivity contribution is 5.85. The molecule has 3 N–H and O–H groups in total. The van der Waals surface area contributed by atoms with Gasteiger partial charge in [0.05, 0.1) is 6.54 Å². The quantitative estimate of drug-likeness (QED) is 0.404. The summed E-state index contributed by atoms with van der Waals surface area (Å²) in [7, 11) is 0. The van der Waals surface area contributed by atoms with E-state index in [2.05, 4.69) is 20.9 Å². The summed E-state index contributed by atoms with van der Waals surface area (Å²) in [5.74, 6) is 1.35. The molecule has 0 unspecified atom stereocenters. The van der Waals surface area contributed by atoms with Crippen LogP contribution < -0.4 is 20.7 Å². The summed E-state index contributed by atoms with van der Waals surface area (Å²) in [4.78, 5) is 16.1. The van der Waals surface area contributed by atoms with Crippen molar-refractivity contribution in [1.29, 1.82) is 0 Å². The molecular weight excluding hydrogens is 304 g/mol. The molecule has 0 fully saturated rings. The maximum atomic E-state index is 11.8. The third-order valence-electron chi connectivity index (χ3n) is 2.92. The van der Waals surface area contributed by atoms with Crippen LogP contribution in [-0.2, 0) is 4.79 Å². The SMILES string of the molecule is CCNC(=NCC(=O)NC(C)(C)C)NCCOc1ccc(C)cc1. The monoisotopic (exact) mass is 334 g/mol. The lowest BCUT2D eigenvalue weighted by atomic mass is 10.1. The molecule has 0 saturated carbocycles. The second kappa shape index (κ2) is 9.80. The summed E-state index contributed by atoms with van der Waals surface area (Å²) >= 11 is 0. The van der Waals surface area contributed by atoms with Gasteiger partial charge < -0.3 is 20.7 Å². The Morgan fingerprint density at radius 2 is 1.83 bits per heavy atom. The first-order valence-electron chi connectivity index (χ1n) is 8.33. The minimum atomic E-state index is -0.250. The Balaban J connectivity index is 2.37. The Hall–Kier alpha value is -2.24. The minimum Gasteiger partial charge on any atom is -0.492 e. The van der Waals surface area contributed by atoms with Crippen LogP contribution in [0.2, 0.25) is 0 Å². The molecule has 0 aromatic heterocycles. The smallest absolute Gasteiger partial charge is 0.242 e. The summed E-state index contributed by atoms with van der Waals surface area (Å²) in [6.45, 7) is 11.8. The van der Waals surface area contributed by atoms with Crippen LogP contribution in [0.4, 0.5) is 0 Å². The van der Waals surface area contributed by atoms with Gasteiger partial charge >= 0.3 is 0 Å². The molecule has 0 aliphatic rings. The number of amides is 1. The number of aliphatic imine (C=N–C) groups is 1. The van der Waals surface area contributed by atoms with Crippen LogP contribution in [0.15, 0.2) is 29.3 Å². The first-order chi connectivity index (χ1) is 11.3. The van der Waals surface area contributed by atoms with Crippen LogP contribution in [0.1, 0.15) is 33.3 Å².